The van der Waals surface area contributed by atoms with Crippen molar-refractivity contribution in [1.82, 2.24) is 50.3 Å². The molecule has 0 saturated heterocycles. The van der Waals surface area contributed by atoms with Gasteiger partial charge in [-0.1, -0.05) is 72.8 Å². The zero-order valence-corrected chi connectivity index (χ0v) is 48.9. The van der Waals surface area contributed by atoms with Gasteiger partial charge < -0.3 is 20.4 Å². The molecule has 4 spiro atoms. The minimum atomic E-state index is 0.0908. The van der Waals surface area contributed by atoms with Crippen molar-refractivity contribution in [3.05, 3.63) is 190 Å². The Bertz CT molecular complexity index is 3630. The Morgan fingerprint density at radius 2 is 0.795 bits per heavy atom. The average molecular weight is 1120 g/mol. The fraction of sp³-hybridized carbons (Fsp3) is 0.353. The molecule has 2 N–H and O–H groups in total. The number of fused-ring (bicyclic) bond motifs is 4. The topological polar surface area (TPSA) is 157 Å². The molecule has 0 fully saturated rings. The van der Waals surface area contributed by atoms with Crippen molar-refractivity contribution < 1.29 is 0 Å². The van der Waals surface area contributed by atoms with Crippen LogP contribution in [0.5, 0.6) is 0 Å². The summed E-state index contributed by atoms with van der Waals surface area (Å²) in [5.74, 6) is 2.17. The van der Waals surface area contributed by atoms with Crippen LogP contribution in [-0.2, 0) is 51.4 Å². The number of benzene rings is 4. The fourth-order valence-corrected chi connectivity index (χ4v) is 15.1. The maximum absolute atomic E-state index is 4.79. The summed E-state index contributed by atoms with van der Waals surface area (Å²) >= 11 is 1.77. The normalized spacial score (nSPS) is 23.8. The van der Waals surface area contributed by atoms with Gasteiger partial charge in [0.15, 0.2) is 0 Å². The second kappa shape index (κ2) is 22.8. The monoisotopic (exact) mass is 1120 g/mol. The second-order valence-corrected chi connectivity index (χ2v) is 25.0. The van der Waals surface area contributed by atoms with Crippen LogP contribution in [0.25, 0.3) is 44.5 Å². The first kappa shape index (κ1) is 54.0. The van der Waals surface area contributed by atoms with Gasteiger partial charge >= 0.3 is 0 Å². The lowest BCUT2D eigenvalue weighted by atomic mass is 9.76. The molecular weight excluding hydrogens is 1040 g/mol. The number of aromatic nitrogens is 6. The molecule has 0 amide bonds. The molecule has 14 nitrogen and oxygen atoms in total. The van der Waals surface area contributed by atoms with E-state index in [1.54, 1.807) is 35.9 Å². The minimum Gasteiger partial charge on any atom is -0.366 e. The Balaban J connectivity index is 0.000000104. The van der Waals surface area contributed by atoms with Crippen molar-refractivity contribution in [3.8, 4) is 44.5 Å². The molecule has 8 aromatic rings. The molecule has 4 aromatic carbocycles. The van der Waals surface area contributed by atoms with Crippen LogP contribution in [0.3, 0.4) is 0 Å². The van der Waals surface area contributed by atoms with Gasteiger partial charge in [0, 0.05) is 81.1 Å². The molecule has 8 aliphatic rings. The van der Waals surface area contributed by atoms with Crippen LogP contribution < -0.4 is 10.6 Å². The highest BCUT2D eigenvalue weighted by molar-refractivity contribution is 7.08. The summed E-state index contributed by atoms with van der Waals surface area (Å²) in [5, 5.41) is 11.6. The zero-order chi connectivity index (χ0) is 56.4. The number of hydrogen-bond donors (Lipinski definition) is 2. The van der Waals surface area contributed by atoms with Crippen molar-refractivity contribution in [2.24, 2.45) is 20.0 Å². The predicted molar refractivity (Wildman–Crippen MR) is 336 cm³/mol. The fourth-order valence-electron chi connectivity index (χ4n) is 14.4. The number of hydrogen-bond acceptors (Lipinski definition) is 15. The van der Waals surface area contributed by atoms with E-state index >= 15 is 0 Å². The van der Waals surface area contributed by atoms with Gasteiger partial charge in [0.2, 0.25) is 0 Å². The summed E-state index contributed by atoms with van der Waals surface area (Å²) in [6.45, 7) is 8.03. The first-order valence-corrected chi connectivity index (χ1v) is 30.3. The molecular formula is C68H72N14S. The Labute approximate surface area is 491 Å². The first-order valence-electron chi connectivity index (χ1n) is 29.3. The SMILES string of the molecule is CC1=NC[C@@]2(CCc3c(cccc3-c3ccsc3)C2)N1.CC1=NC[C@@]2(CCc3c(cccc3-c3cncnc3)C2)N1.CN1C=N[C@@]2(CCc3c(cccc3-c3cncnc3)C2)C1.CN1C=N[C@]2(CCc3c(cccc3-c3cncnc3)C2)C1. The van der Waals surface area contributed by atoms with E-state index in [1.807, 2.05) is 49.9 Å². The van der Waals surface area contributed by atoms with Gasteiger partial charge in [-0.05, 0) is 180 Å². The van der Waals surface area contributed by atoms with E-state index in [0.29, 0.717) is 0 Å². The molecule has 4 aliphatic heterocycles. The summed E-state index contributed by atoms with van der Waals surface area (Å²) in [5.41, 5.74) is 22.1. The molecule has 8 heterocycles. The summed E-state index contributed by atoms with van der Waals surface area (Å²) in [6, 6.07) is 28.7. The van der Waals surface area contributed by atoms with E-state index in [9.17, 15) is 0 Å². The standard InChI is InChI=1S/3C17H18N4.C17H18N2S/c2*1-21-10-17(20-12-21)6-5-16-13(7-17)3-2-4-15(16)14-8-18-11-19-9-14;1-12-20-10-17(21-12)6-5-16-13(7-17)3-2-4-15(16)14-8-18-11-19-9-14;1-12-18-11-17(19-12)7-5-16-13(9-17)3-2-4-15(16)14-6-8-20-10-14/h2*2-4,8-9,11-12H,5-7,10H2,1H3;2-4,8-9,11H,5-7,10H2,1H3,(H,20,21);2-4,6,8,10H,5,7,9,11H2,1H3,(H,18,19)/t4*17-/m1000/s1. The molecule has 0 radical (unpaired) electrons. The van der Waals surface area contributed by atoms with Crippen molar-refractivity contribution in [2.45, 2.75) is 113 Å². The molecule has 4 aliphatic carbocycles. The van der Waals surface area contributed by atoms with Crippen LogP contribution in [0.1, 0.15) is 84.0 Å². The lowest BCUT2D eigenvalue weighted by molar-refractivity contribution is 0.336. The van der Waals surface area contributed by atoms with Gasteiger partial charge in [-0.25, -0.2) is 29.9 Å². The van der Waals surface area contributed by atoms with Gasteiger partial charge in [0.1, 0.15) is 19.0 Å². The molecule has 83 heavy (non-hydrogen) atoms. The zero-order valence-electron chi connectivity index (χ0n) is 48.1. The van der Waals surface area contributed by atoms with Crippen LogP contribution >= 0.6 is 11.3 Å². The molecule has 4 atom stereocenters. The van der Waals surface area contributed by atoms with E-state index in [1.165, 1.54) is 73.2 Å². The number of amidine groups is 2. The number of nitrogens with zero attached hydrogens (tertiary/aromatic N) is 12. The smallest absolute Gasteiger partial charge is 0.115 e. The van der Waals surface area contributed by atoms with Gasteiger partial charge in [-0.15, -0.1) is 0 Å². The largest absolute Gasteiger partial charge is 0.366 e. The average Bonchev–Trinajstić information content (AvgIpc) is 4.54. The van der Waals surface area contributed by atoms with Crippen LogP contribution in [-0.4, -0.2) is 126 Å². The number of thiophene rings is 1. The van der Waals surface area contributed by atoms with Gasteiger partial charge in [0.05, 0.1) is 59.6 Å². The quantitative estimate of drug-likeness (QED) is 0.174. The van der Waals surface area contributed by atoms with Crippen LogP contribution in [0.4, 0.5) is 0 Å². The molecule has 16 rings (SSSR count). The highest BCUT2D eigenvalue weighted by Crippen LogP contribution is 2.42. The Morgan fingerprint density at radius 3 is 1.12 bits per heavy atom. The van der Waals surface area contributed by atoms with E-state index < -0.39 is 0 Å². The molecule has 0 bridgehead atoms. The number of aliphatic imine (C=N–C) groups is 4. The lowest BCUT2D eigenvalue weighted by Crippen LogP contribution is -2.49. The third-order valence-corrected chi connectivity index (χ3v) is 19.0. The highest BCUT2D eigenvalue weighted by atomic mass is 32.1. The number of likely N-dealkylation sites (N-methyl/N-ethyl adjacent to an activating group) is 2. The summed E-state index contributed by atoms with van der Waals surface area (Å²) in [7, 11) is 4.21. The third-order valence-electron chi connectivity index (χ3n) is 18.3. The van der Waals surface area contributed by atoms with Crippen molar-refractivity contribution in [2.75, 3.05) is 40.3 Å². The number of nitrogens with one attached hydrogen (secondary N) is 2. The van der Waals surface area contributed by atoms with Crippen LogP contribution in [0.15, 0.2) is 166 Å². The van der Waals surface area contributed by atoms with E-state index in [2.05, 4.69) is 178 Å². The summed E-state index contributed by atoms with van der Waals surface area (Å²) < 4.78 is 0. The van der Waals surface area contributed by atoms with Crippen molar-refractivity contribution in [3.63, 3.8) is 0 Å². The van der Waals surface area contributed by atoms with Gasteiger partial charge in [0.25, 0.3) is 0 Å². The Hall–Kier alpha value is -8.30. The van der Waals surface area contributed by atoms with E-state index in [-0.39, 0.29) is 22.2 Å². The Morgan fingerprint density at radius 1 is 0.434 bits per heavy atom. The van der Waals surface area contributed by atoms with Crippen molar-refractivity contribution >= 4 is 35.7 Å². The van der Waals surface area contributed by atoms with E-state index in [0.717, 1.165) is 125 Å². The van der Waals surface area contributed by atoms with Crippen LogP contribution in [0, 0.1) is 0 Å². The van der Waals surface area contributed by atoms with Crippen molar-refractivity contribution in [1.29, 1.82) is 0 Å². The van der Waals surface area contributed by atoms with E-state index in [4.69, 9.17) is 9.98 Å². The van der Waals surface area contributed by atoms with Gasteiger partial charge in [-0.3, -0.25) is 20.0 Å². The van der Waals surface area contributed by atoms with Gasteiger partial charge in [-0.2, -0.15) is 11.3 Å². The maximum atomic E-state index is 4.79. The molecule has 420 valence electrons. The highest BCUT2D eigenvalue weighted by Gasteiger charge is 2.42. The summed E-state index contributed by atoms with van der Waals surface area (Å²) in [4.78, 5) is 48.0. The second-order valence-electron chi connectivity index (χ2n) is 24.3. The molecule has 0 saturated carbocycles. The summed E-state index contributed by atoms with van der Waals surface area (Å²) in [6.07, 6.45) is 33.2. The Kier molecular flexibility index (Phi) is 14.8. The third kappa shape index (κ3) is 11.4. The molecule has 15 heteroatoms. The first-order chi connectivity index (χ1) is 40.5. The maximum Gasteiger partial charge on any atom is 0.115 e. The lowest BCUT2D eigenvalue weighted by Gasteiger charge is -2.35. The molecule has 4 aromatic heterocycles. The molecule has 0 unspecified atom stereocenters. The predicted octanol–water partition coefficient (Wildman–Crippen LogP) is 10.7. The van der Waals surface area contributed by atoms with Crippen LogP contribution in [0.2, 0.25) is 0 Å². The minimum absolute atomic E-state index is 0.0908. The number of rotatable bonds is 4.